The molecule has 0 atom stereocenters. The molecule has 0 saturated carbocycles. The van der Waals surface area contributed by atoms with Crippen molar-refractivity contribution < 1.29 is 13.9 Å². The van der Waals surface area contributed by atoms with Crippen molar-refractivity contribution in [2.75, 3.05) is 6.61 Å². The summed E-state index contributed by atoms with van der Waals surface area (Å²) >= 11 is 0. The van der Waals surface area contributed by atoms with Crippen LogP contribution in [-0.4, -0.2) is 17.1 Å². The van der Waals surface area contributed by atoms with Crippen molar-refractivity contribution >= 4 is 16.8 Å². The molecule has 0 radical (unpaired) electrons. The third kappa shape index (κ3) is 4.65. The van der Waals surface area contributed by atoms with Crippen LogP contribution >= 0.6 is 0 Å². The van der Waals surface area contributed by atoms with Gasteiger partial charge in [-0.05, 0) is 36.6 Å². The number of nitrogens with one attached hydrogen (secondary N) is 1. The number of aryl methyl sites for hydroxylation is 1. The van der Waals surface area contributed by atoms with E-state index in [0.29, 0.717) is 17.9 Å². The minimum Gasteiger partial charge on any atom is -0.484 e. The highest BCUT2D eigenvalue weighted by Gasteiger charge is 2.12. The van der Waals surface area contributed by atoms with Gasteiger partial charge in [0, 0.05) is 36.2 Å². The molecule has 2 aromatic carbocycles. The summed E-state index contributed by atoms with van der Waals surface area (Å²) in [5.74, 6) is 0.00702. The van der Waals surface area contributed by atoms with Gasteiger partial charge in [0.2, 0.25) is 0 Å². The van der Waals surface area contributed by atoms with Crippen molar-refractivity contribution in [1.82, 2.24) is 9.88 Å². The Bertz CT molecular complexity index is 1090. The van der Waals surface area contributed by atoms with E-state index in [0.717, 1.165) is 16.5 Å². The summed E-state index contributed by atoms with van der Waals surface area (Å²) in [6.07, 6.45) is 0. The zero-order valence-electron chi connectivity index (χ0n) is 16.9. The van der Waals surface area contributed by atoms with Gasteiger partial charge in [0.25, 0.3) is 11.5 Å². The molecular weight excluding hydrogens is 371 g/mol. The van der Waals surface area contributed by atoms with E-state index in [1.165, 1.54) is 6.07 Å². The molecule has 0 spiro atoms. The normalized spacial score (nSPS) is 11.1. The average Bonchev–Trinajstić information content (AvgIpc) is 2.70. The average molecular weight is 396 g/mol. The Morgan fingerprint density at radius 2 is 1.93 bits per heavy atom. The van der Waals surface area contributed by atoms with Crippen LogP contribution in [0.3, 0.4) is 0 Å². The van der Waals surface area contributed by atoms with Gasteiger partial charge in [-0.15, -0.1) is 0 Å². The van der Waals surface area contributed by atoms with E-state index in [1.54, 1.807) is 41.0 Å². The number of hydrogen-bond acceptors (Lipinski definition) is 3. The molecule has 29 heavy (non-hydrogen) atoms. The lowest BCUT2D eigenvalue weighted by molar-refractivity contribution is -0.123. The Labute approximate surface area is 169 Å². The van der Waals surface area contributed by atoms with Crippen molar-refractivity contribution in [3.8, 4) is 5.75 Å². The Morgan fingerprint density at radius 1 is 1.17 bits per heavy atom. The van der Waals surface area contributed by atoms with Gasteiger partial charge in [0.1, 0.15) is 11.6 Å². The summed E-state index contributed by atoms with van der Waals surface area (Å²) in [6.45, 7) is 6.46. The number of fused-ring (bicyclic) bond motifs is 1. The fraction of sp³-hybridized carbons (Fsp3) is 0.304. The first-order valence-corrected chi connectivity index (χ1v) is 9.71. The Hall–Kier alpha value is -3.15. The Balaban J connectivity index is 1.74. The van der Waals surface area contributed by atoms with Gasteiger partial charge in [0.15, 0.2) is 6.61 Å². The summed E-state index contributed by atoms with van der Waals surface area (Å²) in [5.41, 5.74) is 2.14. The van der Waals surface area contributed by atoms with E-state index in [4.69, 9.17) is 4.74 Å². The van der Waals surface area contributed by atoms with Gasteiger partial charge in [-0.25, -0.2) is 4.39 Å². The molecular formula is C23H25FN2O3. The molecule has 1 amide bonds. The van der Waals surface area contributed by atoms with E-state index in [9.17, 15) is 14.0 Å². The highest BCUT2D eigenvalue weighted by Crippen LogP contribution is 2.27. The van der Waals surface area contributed by atoms with Crippen molar-refractivity contribution in [3.63, 3.8) is 0 Å². The molecule has 5 nitrogen and oxygen atoms in total. The van der Waals surface area contributed by atoms with Crippen LogP contribution in [-0.2, 0) is 17.9 Å². The predicted octanol–water partition coefficient (Wildman–Crippen LogP) is 3.98. The van der Waals surface area contributed by atoms with Crippen molar-refractivity contribution in [1.29, 1.82) is 0 Å². The maximum atomic E-state index is 13.6. The Kier molecular flexibility index (Phi) is 6.32. The maximum absolute atomic E-state index is 13.6. The minimum atomic E-state index is -0.359. The molecule has 0 aliphatic rings. The first-order chi connectivity index (χ1) is 13.9. The lowest BCUT2D eigenvalue weighted by Gasteiger charge is -2.15. The van der Waals surface area contributed by atoms with Crippen LogP contribution in [0.1, 0.15) is 37.8 Å². The summed E-state index contributed by atoms with van der Waals surface area (Å²) in [4.78, 5) is 24.5. The van der Waals surface area contributed by atoms with E-state index >= 15 is 0 Å². The first kappa shape index (κ1) is 20.6. The number of hydrogen-bond donors (Lipinski definition) is 1. The largest absolute Gasteiger partial charge is 0.484 e. The molecule has 3 aromatic rings. The number of aromatic nitrogens is 1. The highest BCUT2D eigenvalue weighted by molar-refractivity contribution is 5.84. The molecule has 0 aliphatic heterocycles. The summed E-state index contributed by atoms with van der Waals surface area (Å²) < 4.78 is 20.9. The SMILES string of the molecule is CCn1c(=O)cc(C(C)C)c2ccc(OCC(=O)NCc3ccccc3F)cc21. The number of halogens is 1. The van der Waals surface area contributed by atoms with Crippen molar-refractivity contribution in [2.45, 2.75) is 39.8 Å². The predicted molar refractivity (Wildman–Crippen MR) is 112 cm³/mol. The van der Waals surface area contributed by atoms with Crippen LogP contribution in [0.15, 0.2) is 53.3 Å². The van der Waals surface area contributed by atoms with Gasteiger partial charge in [-0.3, -0.25) is 9.59 Å². The third-order valence-electron chi connectivity index (χ3n) is 4.86. The highest BCUT2D eigenvalue weighted by atomic mass is 19.1. The summed E-state index contributed by atoms with van der Waals surface area (Å²) in [5, 5.41) is 3.64. The number of pyridine rings is 1. The van der Waals surface area contributed by atoms with Crippen molar-refractivity contribution in [2.24, 2.45) is 0 Å². The second-order valence-corrected chi connectivity index (χ2v) is 7.17. The van der Waals surface area contributed by atoms with Crippen molar-refractivity contribution in [3.05, 3.63) is 75.8 Å². The molecule has 0 fully saturated rings. The number of amides is 1. The molecule has 1 heterocycles. The third-order valence-corrected chi connectivity index (χ3v) is 4.86. The van der Waals surface area contributed by atoms with Gasteiger partial charge < -0.3 is 14.6 Å². The van der Waals surface area contributed by atoms with Crippen LogP contribution in [0.2, 0.25) is 0 Å². The van der Waals surface area contributed by atoms with E-state index in [2.05, 4.69) is 19.2 Å². The lowest BCUT2D eigenvalue weighted by Crippen LogP contribution is -2.28. The number of carbonyl (C=O) groups excluding carboxylic acids is 1. The zero-order valence-corrected chi connectivity index (χ0v) is 16.9. The smallest absolute Gasteiger partial charge is 0.258 e. The van der Waals surface area contributed by atoms with Gasteiger partial charge in [-0.2, -0.15) is 0 Å². The maximum Gasteiger partial charge on any atom is 0.258 e. The van der Waals surface area contributed by atoms with Crippen LogP contribution in [0.5, 0.6) is 5.75 Å². The molecule has 152 valence electrons. The molecule has 1 aromatic heterocycles. The zero-order chi connectivity index (χ0) is 21.0. The topological polar surface area (TPSA) is 60.3 Å². The number of ether oxygens (including phenoxy) is 1. The van der Waals surface area contributed by atoms with Crippen LogP contribution < -0.4 is 15.6 Å². The van der Waals surface area contributed by atoms with E-state index < -0.39 is 0 Å². The number of nitrogens with zero attached hydrogens (tertiary/aromatic N) is 1. The van der Waals surface area contributed by atoms with Crippen LogP contribution in [0.4, 0.5) is 4.39 Å². The number of carbonyl (C=O) groups is 1. The van der Waals surface area contributed by atoms with Gasteiger partial charge >= 0.3 is 0 Å². The summed E-state index contributed by atoms with van der Waals surface area (Å²) in [7, 11) is 0. The first-order valence-electron chi connectivity index (χ1n) is 9.71. The molecule has 0 bridgehead atoms. The standard InChI is InChI=1S/C23H25FN2O3/c1-4-26-21-11-17(9-10-18(21)19(15(2)3)12-23(26)28)29-14-22(27)25-13-16-7-5-6-8-20(16)24/h5-12,15H,4,13-14H2,1-3H3,(H,25,27). The lowest BCUT2D eigenvalue weighted by atomic mass is 9.98. The number of benzene rings is 2. The molecule has 0 aliphatic carbocycles. The van der Waals surface area contributed by atoms with Gasteiger partial charge in [-0.1, -0.05) is 32.0 Å². The second-order valence-electron chi connectivity index (χ2n) is 7.17. The van der Waals surface area contributed by atoms with E-state index in [1.807, 2.05) is 13.0 Å². The molecule has 3 rings (SSSR count). The Morgan fingerprint density at radius 3 is 2.62 bits per heavy atom. The van der Waals surface area contributed by atoms with Crippen LogP contribution in [0.25, 0.3) is 10.9 Å². The fourth-order valence-electron chi connectivity index (χ4n) is 3.32. The minimum absolute atomic E-state index is 0.0523. The quantitative estimate of drug-likeness (QED) is 0.657. The van der Waals surface area contributed by atoms with Gasteiger partial charge in [0.05, 0.1) is 5.52 Å². The second kappa shape index (κ2) is 8.90. The fourth-order valence-corrected chi connectivity index (χ4v) is 3.32. The van der Waals surface area contributed by atoms with Crippen LogP contribution in [0, 0.1) is 5.82 Å². The monoisotopic (exact) mass is 396 g/mol. The summed E-state index contributed by atoms with van der Waals surface area (Å²) in [6, 6.07) is 13.5. The molecule has 1 N–H and O–H groups in total. The molecule has 6 heteroatoms. The van der Waals surface area contributed by atoms with E-state index in [-0.39, 0.29) is 36.4 Å². The molecule has 0 unspecified atom stereocenters. The molecule has 0 saturated heterocycles. The number of rotatable bonds is 7.